The van der Waals surface area contributed by atoms with Crippen LogP contribution in [0.25, 0.3) is 0 Å². The average Bonchev–Trinajstić information content (AvgIpc) is 2.38. The van der Waals surface area contributed by atoms with Crippen LogP contribution in [0.1, 0.15) is 18.0 Å². The average molecular weight is 248 g/mol. The summed E-state index contributed by atoms with van der Waals surface area (Å²) < 4.78 is 0. The van der Waals surface area contributed by atoms with Crippen LogP contribution in [-0.4, -0.2) is 54.1 Å². The molecular formula is C14H20N2O2. The Morgan fingerprint density at radius 2 is 1.83 bits per heavy atom. The Balaban J connectivity index is 2.12. The van der Waals surface area contributed by atoms with Crippen LogP contribution in [0, 0.1) is 0 Å². The van der Waals surface area contributed by atoms with Crippen molar-refractivity contribution in [2.45, 2.75) is 12.5 Å². The molecule has 0 spiro atoms. The quantitative estimate of drug-likeness (QED) is 0.876. The molecule has 1 unspecified atom stereocenters. The second-order valence-electron chi connectivity index (χ2n) is 4.86. The number of hydrogen-bond donors (Lipinski definition) is 1. The molecule has 4 heteroatoms. The number of carboxylic acid groups (broad SMARTS) is 1. The molecule has 1 aromatic carbocycles. The van der Waals surface area contributed by atoms with Crippen LogP contribution in [0.3, 0.4) is 0 Å². The van der Waals surface area contributed by atoms with Crippen molar-refractivity contribution in [2.75, 3.05) is 33.2 Å². The smallest absolute Gasteiger partial charge is 0.305 e. The molecule has 1 aromatic rings. The lowest BCUT2D eigenvalue weighted by atomic mass is 10.0. The second kappa shape index (κ2) is 5.98. The number of rotatable bonds is 4. The summed E-state index contributed by atoms with van der Waals surface area (Å²) in [6, 6.07) is 9.95. The number of carbonyl (C=O) groups is 1. The molecule has 98 valence electrons. The molecule has 4 nitrogen and oxygen atoms in total. The summed E-state index contributed by atoms with van der Waals surface area (Å²) in [5.41, 5.74) is 1.10. The van der Waals surface area contributed by atoms with Crippen molar-refractivity contribution < 1.29 is 9.90 Å². The molecule has 2 rings (SSSR count). The number of nitrogens with zero attached hydrogens (tertiary/aromatic N) is 2. The molecule has 0 saturated carbocycles. The van der Waals surface area contributed by atoms with E-state index in [1.807, 2.05) is 30.3 Å². The first-order valence-corrected chi connectivity index (χ1v) is 6.36. The van der Waals surface area contributed by atoms with Crippen molar-refractivity contribution >= 4 is 5.97 Å². The Kier molecular flexibility index (Phi) is 4.33. The highest BCUT2D eigenvalue weighted by Gasteiger charge is 2.25. The van der Waals surface area contributed by atoms with Gasteiger partial charge < -0.3 is 10.0 Å². The maximum Gasteiger partial charge on any atom is 0.305 e. The maximum atomic E-state index is 11.1. The van der Waals surface area contributed by atoms with Crippen LogP contribution < -0.4 is 0 Å². The zero-order valence-corrected chi connectivity index (χ0v) is 10.7. The molecular weight excluding hydrogens is 228 g/mol. The minimum atomic E-state index is -0.734. The summed E-state index contributed by atoms with van der Waals surface area (Å²) in [7, 11) is 2.10. The number of piperazine rings is 1. The zero-order valence-electron chi connectivity index (χ0n) is 10.7. The molecule has 1 aliphatic heterocycles. The zero-order chi connectivity index (χ0) is 13.0. The predicted molar refractivity (Wildman–Crippen MR) is 70.5 cm³/mol. The highest BCUT2D eigenvalue weighted by Crippen LogP contribution is 2.25. The number of likely N-dealkylation sites (N-methyl/N-ethyl adjacent to an activating group) is 1. The largest absolute Gasteiger partial charge is 0.481 e. The van der Waals surface area contributed by atoms with E-state index >= 15 is 0 Å². The van der Waals surface area contributed by atoms with E-state index in [2.05, 4.69) is 16.8 Å². The molecule has 0 radical (unpaired) electrons. The molecule has 1 saturated heterocycles. The summed E-state index contributed by atoms with van der Waals surface area (Å²) in [5.74, 6) is -0.734. The van der Waals surface area contributed by atoms with Gasteiger partial charge >= 0.3 is 5.97 Å². The summed E-state index contributed by atoms with van der Waals surface area (Å²) in [6.45, 7) is 3.87. The molecule has 0 amide bonds. The molecule has 1 fully saturated rings. The van der Waals surface area contributed by atoms with Crippen molar-refractivity contribution in [3.8, 4) is 0 Å². The van der Waals surface area contributed by atoms with Gasteiger partial charge in [0.2, 0.25) is 0 Å². The maximum absolute atomic E-state index is 11.1. The van der Waals surface area contributed by atoms with Gasteiger partial charge in [-0.05, 0) is 12.6 Å². The highest BCUT2D eigenvalue weighted by atomic mass is 16.4. The summed E-state index contributed by atoms with van der Waals surface area (Å²) in [4.78, 5) is 15.6. The van der Waals surface area contributed by atoms with E-state index in [1.165, 1.54) is 0 Å². The van der Waals surface area contributed by atoms with E-state index in [4.69, 9.17) is 5.11 Å². The fraction of sp³-hybridized carbons (Fsp3) is 0.500. The Hall–Kier alpha value is -1.39. The molecule has 1 N–H and O–H groups in total. The van der Waals surface area contributed by atoms with E-state index in [-0.39, 0.29) is 12.5 Å². The van der Waals surface area contributed by atoms with Gasteiger partial charge in [-0.3, -0.25) is 9.69 Å². The van der Waals surface area contributed by atoms with Crippen molar-refractivity contribution in [1.29, 1.82) is 0 Å². The first kappa shape index (κ1) is 13.1. The predicted octanol–water partition coefficient (Wildman–Crippen LogP) is 1.45. The van der Waals surface area contributed by atoms with Crippen LogP contribution in [-0.2, 0) is 4.79 Å². The lowest BCUT2D eigenvalue weighted by molar-refractivity contribution is -0.138. The molecule has 1 heterocycles. The van der Waals surface area contributed by atoms with Crippen molar-refractivity contribution in [1.82, 2.24) is 9.80 Å². The third-order valence-corrected chi connectivity index (χ3v) is 3.53. The first-order chi connectivity index (χ1) is 8.66. The van der Waals surface area contributed by atoms with E-state index in [0.29, 0.717) is 0 Å². The van der Waals surface area contributed by atoms with Gasteiger partial charge in [-0.25, -0.2) is 0 Å². The number of benzene rings is 1. The lowest BCUT2D eigenvalue weighted by Crippen LogP contribution is -2.46. The Morgan fingerprint density at radius 1 is 1.22 bits per heavy atom. The van der Waals surface area contributed by atoms with Gasteiger partial charge in [0.05, 0.1) is 6.42 Å². The van der Waals surface area contributed by atoms with E-state index in [0.717, 1.165) is 31.7 Å². The molecule has 18 heavy (non-hydrogen) atoms. The van der Waals surface area contributed by atoms with Gasteiger partial charge in [0, 0.05) is 32.2 Å². The lowest BCUT2D eigenvalue weighted by Gasteiger charge is -2.37. The van der Waals surface area contributed by atoms with Gasteiger partial charge in [0.15, 0.2) is 0 Å². The summed E-state index contributed by atoms with van der Waals surface area (Å²) >= 11 is 0. The Labute approximate surface area is 108 Å². The van der Waals surface area contributed by atoms with Gasteiger partial charge in [-0.2, -0.15) is 0 Å². The van der Waals surface area contributed by atoms with Crippen molar-refractivity contribution in [3.63, 3.8) is 0 Å². The summed E-state index contributed by atoms with van der Waals surface area (Å²) in [6.07, 6.45) is 0.174. The number of aliphatic carboxylic acids is 1. The van der Waals surface area contributed by atoms with Crippen LogP contribution in [0.15, 0.2) is 30.3 Å². The van der Waals surface area contributed by atoms with E-state index in [9.17, 15) is 4.79 Å². The normalized spacial score (nSPS) is 19.6. The molecule has 0 bridgehead atoms. The van der Waals surface area contributed by atoms with E-state index < -0.39 is 5.97 Å². The minimum absolute atomic E-state index is 0.00241. The minimum Gasteiger partial charge on any atom is -0.481 e. The first-order valence-electron chi connectivity index (χ1n) is 6.36. The van der Waals surface area contributed by atoms with Gasteiger partial charge in [-0.1, -0.05) is 30.3 Å². The highest BCUT2D eigenvalue weighted by molar-refractivity contribution is 5.68. The van der Waals surface area contributed by atoms with Crippen molar-refractivity contribution in [2.24, 2.45) is 0 Å². The van der Waals surface area contributed by atoms with Crippen molar-refractivity contribution in [3.05, 3.63) is 35.9 Å². The van der Waals surface area contributed by atoms with Crippen LogP contribution in [0.5, 0.6) is 0 Å². The van der Waals surface area contributed by atoms with Crippen LogP contribution in [0.4, 0.5) is 0 Å². The number of carboxylic acids is 1. The topological polar surface area (TPSA) is 43.8 Å². The summed E-state index contributed by atoms with van der Waals surface area (Å²) in [5, 5.41) is 9.09. The second-order valence-corrected chi connectivity index (χ2v) is 4.86. The van der Waals surface area contributed by atoms with Crippen LogP contribution >= 0.6 is 0 Å². The SMILES string of the molecule is CN1CCN(C(CC(=O)O)c2ccccc2)CC1. The fourth-order valence-corrected chi connectivity index (χ4v) is 2.43. The van der Waals surface area contributed by atoms with Gasteiger partial charge in [0.25, 0.3) is 0 Å². The monoisotopic (exact) mass is 248 g/mol. The third kappa shape index (κ3) is 3.31. The molecule has 1 aliphatic rings. The van der Waals surface area contributed by atoms with Gasteiger partial charge in [0.1, 0.15) is 0 Å². The standard InChI is InChI=1S/C14H20N2O2/c1-15-7-9-16(10-8-15)13(11-14(17)18)12-5-3-2-4-6-12/h2-6,13H,7-11H2,1H3,(H,17,18). The third-order valence-electron chi connectivity index (χ3n) is 3.53. The van der Waals surface area contributed by atoms with E-state index in [1.54, 1.807) is 0 Å². The number of hydrogen-bond acceptors (Lipinski definition) is 3. The van der Waals surface area contributed by atoms with Gasteiger partial charge in [-0.15, -0.1) is 0 Å². The Bertz CT molecular complexity index is 386. The molecule has 0 aliphatic carbocycles. The molecule has 0 aromatic heterocycles. The molecule has 1 atom stereocenters. The fourth-order valence-electron chi connectivity index (χ4n) is 2.43. The van der Waals surface area contributed by atoms with Crippen LogP contribution in [0.2, 0.25) is 0 Å². The Morgan fingerprint density at radius 3 is 2.39 bits per heavy atom.